The number of nitrogens with zero attached hydrogens (tertiary/aromatic N) is 1. The van der Waals surface area contributed by atoms with Gasteiger partial charge in [-0.1, -0.05) is 0 Å². The Morgan fingerprint density at radius 2 is 1.89 bits per heavy atom. The second-order valence-electron chi connectivity index (χ2n) is 5.78. The Balaban J connectivity index is 1.44. The Kier molecular flexibility index (Phi) is 4.59. The van der Waals surface area contributed by atoms with Gasteiger partial charge < -0.3 is 19.2 Å². The van der Waals surface area contributed by atoms with Crippen LogP contribution >= 0.6 is 0 Å². The van der Waals surface area contributed by atoms with Crippen LogP contribution in [0.3, 0.4) is 0 Å². The van der Waals surface area contributed by atoms with Crippen LogP contribution in [0, 0.1) is 0 Å². The average Bonchev–Trinajstić information content (AvgIpc) is 3.20. The van der Waals surface area contributed by atoms with Crippen LogP contribution < -0.4 is 19.5 Å². The number of hydrogen-bond donors (Lipinski definition) is 2. The Morgan fingerprint density at radius 3 is 2.63 bits per heavy atom. The molecule has 4 rings (SSSR count). The number of nitrogens with one attached hydrogen (secondary N) is 2. The number of hydrogen-bond acceptors (Lipinski definition) is 7. The van der Waals surface area contributed by atoms with Crippen LogP contribution in [-0.2, 0) is 16.6 Å². The van der Waals surface area contributed by atoms with Gasteiger partial charge in [-0.2, -0.15) is 0 Å². The van der Waals surface area contributed by atoms with Crippen molar-refractivity contribution in [3.05, 3.63) is 60.7 Å². The summed E-state index contributed by atoms with van der Waals surface area (Å²) >= 11 is 0. The largest absolute Gasteiger partial charge is 0.486 e. The van der Waals surface area contributed by atoms with Gasteiger partial charge in [0.2, 0.25) is 0 Å². The molecule has 0 saturated heterocycles. The van der Waals surface area contributed by atoms with Gasteiger partial charge in [0.1, 0.15) is 24.8 Å². The van der Waals surface area contributed by atoms with Crippen molar-refractivity contribution < 1.29 is 22.3 Å². The first-order valence-corrected chi connectivity index (χ1v) is 9.73. The van der Waals surface area contributed by atoms with Crippen molar-refractivity contribution >= 4 is 21.5 Å². The number of rotatable bonds is 6. The molecule has 0 atom stereocenters. The Bertz CT molecular complexity index is 1020. The molecule has 0 spiro atoms. The van der Waals surface area contributed by atoms with Crippen LogP contribution in [0.25, 0.3) is 0 Å². The highest BCUT2D eigenvalue weighted by Gasteiger charge is 2.19. The number of anilines is 2. The third-order valence-electron chi connectivity index (χ3n) is 3.87. The van der Waals surface area contributed by atoms with Crippen LogP contribution in [0.1, 0.15) is 5.76 Å². The smallest absolute Gasteiger partial charge is 0.263 e. The quantitative estimate of drug-likeness (QED) is 0.670. The molecule has 2 aromatic heterocycles. The van der Waals surface area contributed by atoms with E-state index in [4.69, 9.17) is 13.9 Å². The van der Waals surface area contributed by atoms with Crippen LogP contribution in [0.4, 0.5) is 11.5 Å². The number of furan rings is 1. The summed E-state index contributed by atoms with van der Waals surface area (Å²) in [7, 11) is -3.79. The van der Waals surface area contributed by atoms with Gasteiger partial charge in [-0.15, -0.1) is 0 Å². The topological polar surface area (TPSA) is 103 Å². The van der Waals surface area contributed by atoms with E-state index in [0.717, 1.165) is 11.4 Å². The lowest BCUT2D eigenvalue weighted by molar-refractivity contribution is 0.171. The van der Waals surface area contributed by atoms with E-state index in [1.807, 2.05) is 12.1 Å². The highest BCUT2D eigenvalue weighted by molar-refractivity contribution is 7.92. The van der Waals surface area contributed by atoms with Gasteiger partial charge in [-0.3, -0.25) is 4.72 Å². The molecular weight excluding hydrogens is 370 g/mol. The fourth-order valence-electron chi connectivity index (χ4n) is 2.55. The number of aromatic nitrogens is 1. The summed E-state index contributed by atoms with van der Waals surface area (Å²) in [4.78, 5) is 4.21. The van der Waals surface area contributed by atoms with Crippen LogP contribution in [0.15, 0.2) is 64.2 Å². The maximum absolute atomic E-state index is 12.6. The predicted octanol–water partition coefficient (Wildman–Crippen LogP) is 2.86. The second kappa shape index (κ2) is 7.20. The number of sulfonamides is 1. The fourth-order valence-corrected chi connectivity index (χ4v) is 3.57. The molecule has 0 amide bonds. The third kappa shape index (κ3) is 3.98. The maximum atomic E-state index is 12.6. The molecule has 0 fully saturated rings. The molecule has 8 nitrogen and oxygen atoms in total. The SMILES string of the molecule is O=S(=O)(Nc1ccc(NCc2ccco2)cn1)c1ccc2c(c1)OCCO2. The Morgan fingerprint density at radius 1 is 1.04 bits per heavy atom. The van der Waals surface area contributed by atoms with Gasteiger partial charge in [0.25, 0.3) is 10.0 Å². The van der Waals surface area contributed by atoms with Gasteiger partial charge in [0.05, 0.1) is 29.6 Å². The molecule has 3 aromatic rings. The summed E-state index contributed by atoms with van der Waals surface area (Å²) in [6, 6.07) is 11.5. The molecule has 2 N–H and O–H groups in total. The highest BCUT2D eigenvalue weighted by atomic mass is 32.2. The Labute approximate surface area is 156 Å². The van der Waals surface area contributed by atoms with Crippen LogP contribution in [0.2, 0.25) is 0 Å². The molecule has 0 bridgehead atoms. The zero-order chi connectivity index (χ0) is 18.7. The van der Waals surface area contributed by atoms with E-state index in [0.29, 0.717) is 31.3 Å². The zero-order valence-corrected chi connectivity index (χ0v) is 15.0. The van der Waals surface area contributed by atoms with Gasteiger partial charge >= 0.3 is 0 Å². The van der Waals surface area contributed by atoms with Crippen LogP contribution in [-0.4, -0.2) is 26.6 Å². The van der Waals surface area contributed by atoms with Gasteiger partial charge in [0.15, 0.2) is 11.5 Å². The maximum Gasteiger partial charge on any atom is 0.263 e. The lowest BCUT2D eigenvalue weighted by Crippen LogP contribution is -2.17. The molecule has 0 unspecified atom stereocenters. The number of ether oxygens (including phenoxy) is 2. The first-order valence-electron chi connectivity index (χ1n) is 8.25. The van der Waals surface area contributed by atoms with E-state index in [1.165, 1.54) is 12.1 Å². The molecule has 1 aromatic carbocycles. The summed E-state index contributed by atoms with van der Waals surface area (Å²) in [5.41, 5.74) is 0.744. The molecule has 1 aliphatic rings. The van der Waals surface area contributed by atoms with Crippen molar-refractivity contribution in [1.82, 2.24) is 4.98 Å². The minimum absolute atomic E-state index is 0.0774. The molecular formula is C18H17N3O5S. The van der Waals surface area contributed by atoms with E-state index in [-0.39, 0.29) is 10.7 Å². The third-order valence-corrected chi connectivity index (χ3v) is 5.23. The monoisotopic (exact) mass is 387 g/mol. The standard InChI is InChI=1S/C18H17N3O5S/c22-27(23,15-4-5-16-17(10-15)26-9-8-25-16)21-18-6-3-13(11-20-18)19-12-14-2-1-7-24-14/h1-7,10-11,19H,8-9,12H2,(H,20,21). The molecule has 1 aliphatic heterocycles. The van der Waals surface area contributed by atoms with Crippen molar-refractivity contribution in [2.75, 3.05) is 23.3 Å². The van der Waals surface area contributed by atoms with E-state index in [1.54, 1.807) is 30.7 Å². The lowest BCUT2D eigenvalue weighted by Gasteiger charge is -2.19. The van der Waals surface area contributed by atoms with E-state index < -0.39 is 10.0 Å². The normalized spacial score (nSPS) is 13.2. The molecule has 9 heteroatoms. The summed E-state index contributed by atoms with van der Waals surface area (Å²) in [5.74, 6) is 1.95. The number of pyridine rings is 1. The second-order valence-corrected chi connectivity index (χ2v) is 7.46. The number of benzene rings is 1. The van der Waals surface area contributed by atoms with E-state index in [2.05, 4.69) is 15.0 Å². The van der Waals surface area contributed by atoms with Gasteiger partial charge in [0, 0.05) is 6.07 Å². The minimum Gasteiger partial charge on any atom is -0.486 e. The molecule has 0 radical (unpaired) electrons. The lowest BCUT2D eigenvalue weighted by atomic mass is 10.3. The highest BCUT2D eigenvalue weighted by Crippen LogP contribution is 2.32. The van der Waals surface area contributed by atoms with Gasteiger partial charge in [-0.05, 0) is 36.4 Å². The number of fused-ring (bicyclic) bond motifs is 1. The molecule has 27 heavy (non-hydrogen) atoms. The molecule has 140 valence electrons. The summed E-state index contributed by atoms with van der Waals surface area (Å²) < 4.78 is 43.7. The zero-order valence-electron chi connectivity index (χ0n) is 14.2. The van der Waals surface area contributed by atoms with Gasteiger partial charge in [-0.25, -0.2) is 13.4 Å². The van der Waals surface area contributed by atoms with Crippen molar-refractivity contribution in [3.8, 4) is 11.5 Å². The average molecular weight is 387 g/mol. The van der Waals surface area contributed by atoms with E-state index >= 15 is 0 Å². The summed E-state index contributed by atoms with van der Waals surface area (Å²) in [6.07, 6.45) is 3.15. The van der Waals surface area contributed by atoms with Crippen molar-refractivity contribution in [3.63, 3.8) is 0 Å². The first kappa shape index (κ1) is 17.2. The predicted molar refractivity (Wildman–Crippen MR) is 98.5 cm³/mol. The first-order chi connectivity index (χ1) is 13.1. The van der Waals surface area contributed by atoms with Crippen molar-refractivity contribution in [2.45, 2.75) is 11.4 Å². The van der Waals surface area contributed by atoms with Crippen molar-refractivity contribution in [2.24, 2.45) is 0 Å². The summed E-state index contributed by atoms with van der Waals surface area (Å²) in [6.45, 7) is 1.34. The summed E-state index contributed by atoms with van der Waals surface area (Å²) in [5, 5.41) is 3.14. The molecule has 3 heterocycles. The van der Waals surface area contributed by atoms with Crippen LogP contribution in [0.5, 0.6) is 11.5 Å². The fraction of sp³-hybridized carbons (Fsp3) is 0.167. The molecule has 0 aliphatic carbocycles. The minimum atomic E-state index is -3.79. The van der Waals surface area contributed by atoms with Crippen molar-refractivity contribution in [1.29, 1.82) is 0 Å². The molecule has 0 saturated carbocycles. The van der Waals surface area contributed by atoms with E-state index in [9.17, 15) is 8.42 Å². The Hall–Kier alpha value is -3.20.